The summed E-state index contributed by atoms with van der Waals surface area (Å²) in [5.41, 5.74) is 0.577. The molecule has 2 aromatic rings. The fourth-order valence-electron chi connectivity index (χ4n) is 3.30. The molecule has 0 aliphatic heterocycles. The Hall–Kier alpha value is -2.57. The summed E-state index contributed by atoms with van der Waals surface area (Å²) in [6.45, 7) is 1.42. The second kappa shape index (κ2) is 6.97. The van der Waals surface area contributed by atoms with E-state index in [4.69, 9.17) is 0 Å². The van der Waals surface area contributed by atoms with Crippen molar-refractivity contribution in [1.82, 2.24) is 9.88 Å². The van der Waals surface area contributed by atoms with Crippen LogP contribution in [0.15, 0.2) is 47.4 Å². The summed E-state index contributed by atoms with van der Waals surface area (Å²) in [7, 11) is 0. The van der Waals surface area contributed by atoms with Gasteiger partial charge < -0.3 is 9.88 Å². The first-order valence-electron chi connectivity index (χ1n) is 8.45. The minimum atomic E-state index is -4.58. The molecule has 1 N–H and O–H groups in total. The lowest BCUT2D eigenvalue weighted by Gasteiger charge is -2.28. The number of nitrogens with one attached hydrogen (secondary N) is 1. The summed E-state index contributed by atoms with van der Waals surface area (Å²) < 4.78 is 39.5. The molecule has 0 bridgehead atoms. The Bertz CT molecular complexity index is 874. The molecule has 1 aromatic heterocycles. The van der Waals surface area contributed by atoms with Gasteiger partial charge in [0.2, 0.25) is 5.91 Å². The van der Waals surface area contributed by atoms with Gasteiger partial charge in [0.1, 0.15) is 6.04 Å². The summed E-state index contributed by atoms with van der Waals surface area (Å²) >= 11 is 0. The van der Waals surface area contributed by atoms with E-state index in [1.807, 2.05) is 24.3 Å². The van der Waals surface area contributed by atoms with Crippen molar-refractivity contribution < 1.29 is 18.0 Å². The molecule has 0 saturated carbocycles. The lowest BCUT2D eigenvalue weighted by molar-refractivity contribution is -0.138. The van der Waals surface area contributed by atoms with Crippen molar-refractivity contribution in [2.24, 2.45) is 0 Å². The summed E-state index contributed by atoms with van der Waals surface area (Å²) in [4.78, 5) is 24.5. The Morgan fingerprint density at radius 2 is 1.96 bits per heavy atom. The third-order valence-corrected chi connectivity index (χ3v) is 4.75. The van der Waals surface area contributed by atoms with Crippen LogP contribution in [-0.2, 0) is 17.4 Å². The molecular formula is C19H19F3N2O2. The van der Waals surface area contributed by atoms with Crippen LogP contribution in [0.2, 0.25) is 0 Å². The van der Waals surface area contributed by atoms with E-state index in [9.17, 15) is 22.8 Å². The van der Waals surface area contributed by atoms with Crippen LogP contribution in [0.5, 0.6) is 0 Å². The number of nitrogens with zero attached hydrogens (tertiary/aromatic N) is 1. The summed E-state index contributed by atoms with van der Waals surface area (Å²) in [5, 5.41) is 2.88. The molecule has 7 heteroatoms. The third-order valence-electron chi connectivity index (χ3n) is 4.75. The van der Waals surface area contributed by atoms with Crippen LogP contribution in [-0.4, -0.2) is 10.5 Å². The standard InChI is InChI=1S/C19H19F3N2O2/c1-12(24-11-14(19(20,21)22)9-10-17(24)25)18(26)23-16-8-4-6-13-5-2-3-7-15(13)16/h2-3,5,7,9-12,16H,4,6,8H2,1H3,(H,23,26)/t12-,16-/m1/s1. The zero-order valence-electron chi connectivity index (χ0n) is 14.2. The van der Waals surface area contributed by atoms with Gasteiger partial charge in [-0.3, -0.25) is 9.59 Å². The maximum absolute atomic E-state index is 12.9. The van der Waals surface area contributed by atoms with Gasteiger partial charge in [-0.1, -0.05) is 24.3 Å². The van der Waals surface area contributed by atoms with Crippen molar-refractivity contribution in [1.29, 1.82) is 0 Å². The molecule has 138 valence electrons. The maximum atomic E-state index is 12.9. The zero-order chi connectivity index (χ0) is 18.9. The highest BCUT2D eigenvalue weighted by Crippen LogP contribution is 2.30. The molecule has 1 amide bonds. The third kappa shape index (κ3) is 3.66. The number of benzene rings is 1. The topological polar surface area (TPSA) is 51.1 Å². The van der Waals surface area contributed by atoms with Crippen molar-refractivity contribution in [3.63, 3.8) is 0 Å². The van der Waals surface area contributed by atoms with Crippen LogP contribution in [0.3, 0.4) is 0 Å². The monoisotopic (exact) mass is 364 g/mol. The Kier molecular flexibility index (Phi) is 4.89. The molecule has 0 unspecified atom stereocenters. The number of carbonyl (C=O) groups excluding carboxylic acids is 1. The molecule has 1 heterocycles. The van der Waals surface area contributed by atoms with E-state index in [1.165, 1.54) is 6.92 Å². The van der Waals surface area contributed by atoms with Gasteiger partial charge in [0.05, 0.1) is 11.6 Å². The Labute approximate surface area is 148 Å². The number of fused-ring (bicyclic) bond motifs is 1. The van der Waals surface area contributed by atoms with E-state index < -0.39 is 29.2 Å². The van der Waals surface area contributed by atoms with Gasteiger partial charge >= 0.3 is 6.18 Å². The lowest BCUT2D eigenvalue weighted by Crippen LogP contribution is -2.38. The van der Waals surface area contributed by atoms with Crippen LogP contribution >= 0.6 is 0 Å². The summed E-state index contributed by atoms with van der Waals surface area (Å²) in [5.74, 6) is -0.479. The predicted octanol–water partition coefficient (Wildman–Crippen LogP) is 3.62. The fraction of sp³-hybridized carbons (Fsp3) is 0.368. The molecule has 3 rings (SSSR count). The highest BCUT2D eigenvalue weighted by atomic mass is 19.4. The van der Waals surface area contributed by atoms with Gasteiger partial charge in [0.25, 0.3) is 5.56 Å². The number of carbonyl (C=O) groups is 1. The number of hydrogen-bond donors (Lipinski definition) is 1. The maximum Gasteiger partial charge on any atom is 0.417 e. The summed E-state index contributed by atoms with van der Waals surface area (Å²) in [6.07, 6.45) is -1.27. The number of halogens is 3. The van der Waals surface area contributed by atoms with Gasteiger partial charge in [0, 0.05) is 12.3 Å². The quantitative estimate of drug-likeness (QED) is 0.904. The number of hydrogen-bond acceptors (Lipinski definition) is 2. The zero-order valence-corrected chi connectivity index (χ0v) is 14.2. The van der Waals surface area contributed by atoms with Crippen LogP contribution in [0.1, 0.15) is 48.5 Å². The smallest absolute Gasteiger partial charge is 0.347 e. The molecule has 26 heavy (non-hydrogen) atoms. The highest BCUT2D eigenvalue weighted by molar-refractivity contribution is 5.80. The van der Waals surface area contributed by atoms with Gasteiger partial charge in [-0.2, -0.15) is 13.2 Å². The first-order valence-corrected chi connectivity index (χ1v) is 8.45. The molecule has 1 aliphatic carbocycles. The van der Waals surface area contributed by atoms with E-state index in [0.717, 1.165) is 47.1 Å². The first-order chi connectivity index (χ1) is 12.3. The largest absolute Gasteiger partial charge is 0.417 e. The van der Waals surface area contributed by atoms with Gasteiger partial charge in [-0.05, 0) is 43.4 Å². The molecule has 2 atom stereocenters. The Balaban J connectivity index is 1.82. The molecule has 0 spiro atoms. The van der Waals surface area contributed by atoms with E-state index in [0.29, 0.717) is 6.20 Å². The van der Waals surface area contributed by atoms with Crippen molar-refractivity contribution in [2.75, 3.05) is 0 Å². The highest BCUT2D eigenvalue weighted by Gasteiger charge is 2.32. The summed E-state index contributed by atoms with van der Waals surface area (Å²) in [6, 6.07) is 8.10. The molecule has 4 nitrogen and oxygen atoms in total. The molecule has 0 saturated heterocycles. The average Bonchev–Trinajstić information content (AvgIpc) is 2.61. The van der Waals surface area contributed by atoms with Crippen LogP contribution in [0, 0.1) is 0 Å². The Morgan fingerprint density at radius 3 is 2.69 bits per heavy atom. The predicted molar refractivity (Wildman–Crippen MR) is 90.7 cm³/mol. The van der Waals surface area contributed by atoms with Crippen molar-refractivity contribution in [2.45, 2.75) is 44.4 Å². The number of aryl methyl sites for hydroxylation is 1. The second-order valence-corrected chi connectivity index (χ2v) is 6.49. The number of aromatic nitrogens is 1. The van der Waals surface area contributed by atoms with E-state index in [-0.39, 0.29) is 6.04 Å². The second-order valence-electron chi connectivity index (χ2n) is 6.49. The fourth-order valence-corrected chi connectivity index (χ4v) is 3.30. The van der Waals surface area contributed by atoms with Gasteiger partial charge in [0.15, 0.2) is 0 Å². The first kappa shape index (κ1) is 18.2. The average molecular weight is 364 g/mol. The van der Waals surface area contributed by atoms with E-state index in [1.54, 1.807) is 0 Å². The lowest BCUT2D eigenvalue weighted by atomic mass is 9.87. The number of pyridine rings is 1. The molecule has 1 aliphatic rings. The van der Waals surface area contributed by atoms with Crippen LogP contribution < -0.4 is 10.9 Å². The Morgan fingerprint density at radius 1 is 1.23 bits per heavy atom. The number of amides is 1. The number of alkyl halides is 3. The SMILES string of the molecule is C[C@H](C(=O)N[C@@H]1CCCc2ccccc21)n1cc(C(F)(F)F)ccc1=O. The van der Waals surface area contributed by atoms with Crippen LogP contribution in [0.25, 0.3) is 0 Å². The normalized spacial score (nSPS) is 18.1. The van der Waals surface area contributed by atoms with E-state index in [2.05, 4.69) is 5.32 Å². The molecule has 0 radical (unpaired) electrons. The number of rotatable bonds is 3. The molecular weight excluding hydrogens is 345 g/mol. The van der Waals surface area contributed by atoms with E-state index >= 15 is 0 Å². The van der Waals surface area contributed by atoms with Crippen molar-refractivity contribution >= 4 is 5.91 Å². The van der Waals surface area contributed by atoms with Crippen molar-refractivity contribution in [3.8, 4) is 0 Å². The molecule has 0 fully saturated rings. The minimum absolute atomic E-state index is 0.198. The van der Waals surface area contributed by atoms with Gasteiger partial charge in [-0.25, -0.2) is 0 Å². The van der Waals surface area contributed by atoms with Gasteiger partial charge in [-0.15, -0.1) is 0 Å². The van der Waals surface area contributed by atoms with Crippen molar-refractivity contribution in [3.05, 3.63) is 69.6 Å². The van der Waals surface area contributed by atoms with Crippen LogP contribution in [0.4, 0.5) is 13.2 Å². The minimum Gasteiger partial charge on any atom is -0.347 e. The molecule has 1 aromatic carbocycles.